The van der Waals surface area contributed by atoms with E-state index in [1.807, 2.05) is 0 Å². The maximum Gasteiger partial charge on any atom is 0.0553 e. The molecule has 0 bridgehead atoms. The van der Waals surface area contributed by atoms with E-state index < -0.39 is 0 Å². The first-order valence-corrected chi connectivity index (χ1v) is 5.23. The van der Waals surface area contributed by atoms with Crippen LogP contribution in [0, 0.1) is 11.8 Å². The molecule has 1 heterocycles. The highest BCUT2D eigenvalue weighted by Gasteiger charge is 2.24. The SMILES string of the molecule is CC(C)CC1CC(C)OC(C)C1. The Bertz CT molecular complexity index is 118. The highest BCUT2D eigenvalue weighted by Crippen LogP contribution is 2.29. The predicted molar refractivity (Wildman–Crippen MR) is 52.2 cm³/mol. The molecular formula is C11H22O. The number of rotatable bonds is 2. The molecule has 0 spiro atoms. The lowest BCUT2D eigenvalue weighted by Crippen LogP contribution is -2.29. The molecule has 1 nitrogen and oxygen atoms in total. The Labute approximate surface area is 76.5 Å². The molecule has 1 aliphatic heterocycles. The Balaban J connectivity index is 2.34. The smallest absolute Gasteiger partial charge is 0.0553 e. The van der Waals surface area contributed by atoms with Gasteiger partial charge < -0.3 is 4.74 Å². The van der Waals surface area contributed by atoms with Gasteiger partial charge in [-0.25, -0.2) is 0 Å². The average Bonchev–Trinajstić information content (AvgIpc) is 1.81. The number of ether oxygens (including phenoxy) is 1. The zero-order chi connectivity index (χ0) is 9.14. The van der Waals surface area contributed by atoms with Crippen LogP contribution in [0.4, 0.5) is 0 Å². The van der Waals surface area contributed by atoms with Crippen LogP contribution >= 0.6 is 0 Å². The Morgan fingerprint density at radius 2 is 1.67 bits per heavy atom. The standard InChI is InChI=1S/C11H22O/c1-8(2)5-11-6-9(3)12-10(4)7-11/h8-11H,5-7H2,1-4H3. The zero-order valence-corrected chi connectivity index (χ0v) is 8.84. The van der Waals surface area contributed by atoms with Gasteiger partial charge in [0.15, 0.2) is 0 Å². The third kappa shape index (κ3) is 3.14. The topological polar surface area (TPSA) is 9.23 Å². The molecular weight excluding hydrogens is 148 g/mol. The van der Waals surface area contributed by atoms with Crippen LogP contribution in [0.3, 0.4) is 0 Å². The molecule has 0 radical (unpaired) electrons. The van der Waals surface area contributed by atoms with Crippen LogP contribution in [-0.2, 0) is 4.74 Å². The molecule has 0 saturated carbocycles. The lowest BCUT2D eigenvalue weighted by atomic mass is 9.86. The summed E-state index contributed by atoms with van der Waals surface area (Å²) < 4.78 is 5.70. The van der Waals surface area contributed by atoms with Crippen molar-refractivity contribution in [1.29, 1.82) is 0 Å². The second-order valence-electron chi connectivity index (χ2n) is 4.72. The van der Waals surface area contributed by atoms with Crippen LogP contribution < -0.4 is 0 Å². The molecule has 2 unspecified atom stereocenters. The summed E-state index contributed by atoms with van der Waals surface area (Å²) in [4.78, 5) is 0. The van der Waals surface area contributed by atoms with Crippen molar-refractivity contribution in [2.75, 3.05) is 0 Å². The molecule has 0 aromatic heterocycles. The third-order valence-electron chi connectivity index (χ3n) is 2.60. The van der Waals surface area contributed by atoms with Crippen molar-refractivity contribution in [2.45, 2.75) is 59.2 Å². The van der Waals surface area contributed by atoms with Crippen LogP contribution in [0.1, 0.15) is 47.0 Å². The van der Waals surface area contributed by atoms with Gasteiger partial charge in [0.05, 0.1) is 12.2 Å². The van der Waals surface area contributed by atoms with E-state index in [4.69, 9.17) is 4.74 Å². The van der Waals surface area contributed by atoms with Gasteiger partial charge in [0.25, 0.3) is 0 Å². The van der Waals surface area contributed by atoms with Gasteiger partial charge >= 0.3 is 0 Å². The zero-order valence-electron chi connectivity index (χ0n) is 8.84. The summed E-state index contributed by atoms with van der Waals surface area (Å²) >= 11 is 0. The van der Waals surface area contributed by atoms with Crippen LogP contribution in [0.25, 0.3) is 0 Å². The van der Waals surface area contributed by atoms with Crippen LogP contribution in [-0.4, -0.2) is 12.2 Å². The molecule has 0 aromatic rings. The highest BCUT2D eigenvalue weighted by atomic mass is 16.5. The lowest BCUT2D eigenvalue weighted by Gasteiger charge is -2.32. The van der Waals surface area contributed by atoms with Gasteiger partial charge in [-0.2, -0.15) is 0 Å². The van der Waals surface area contributed by atoms with Gasteiger partial charge in [0.1, 0.15) is 0 Å². The molecule has 1 fully saturated rings. The first kappa shape index (κ1) is 10.0. The van der Waals surface area contributed by atoms with Gasteiger partial charge in [-0.15, -0.1) is 0 Å². The molecule has 1 aliphatic rings. The molecule has 72 valence electrons. The third-order valence-corrected chi connectivity index (χ3v) is 2.60. The summed E-state index contributed by atoms with van der Waals surface area (Å²) in [6.07, 6.45) is 4.87. The van der Waals surface area contributed by atoms with Crippen molar-refractivity contribution in [2.24, 2.45) is 11.8 Å². The minimum atomic E-state index is 0.484. The molecule has 1 heteroatoms. The van der Waals surface area contributed by atoms with E-state index in [9.17, 15) is 0 Å². The van der Waals surface area contributed by atoms with E-state index in [1.54, 1.807) is 0 Å². The normalized spacial score (nSPS) is 37.2. The molecule has 1 saturated heterocycles. The van der Waals surface area contributed by atoms with E-state index in [0.29, 0.717) is 12.2 Å². The molecule has 1 rings (SSSR count). The molecule has 0 aromatic carbocycles. The molecule has 0 amide bonds. The fourth-order valence-electron chi connectivity index (χ4n) is 2.40. The molecule has 12 heavy (non-hydrogen) atoms. The summed E-state index contributed by atoms with van der Waals surface area (Å²) in [6.45, 7) is 9.02. The van der Waals surface area contributed by atoms with Gasteiger partial charge in [0, 0.05) is 0 Å². The van der Waals surface area contributed by atoms with Crippen molar-refractivity contribution in [1.82, 2.24) is 0 Å². The second-order valence-corrected chi connectivity index (χ2v) is 4.72. The Morgan fingerprint density at radius 1 is 1.17 bits per heavy atom. The van der Waals surface area contributed by atoms with Gasteiger partial charge in [-0.1, -0.05) is 13.8 Å². The monoisotopic (exact) mass is 170 g/mol. The van der Waals surface area contributed by atoms with Gasteiger partial charge in [-0.3, -0.25) is 0 Å². The van der Waals surface area contributed by atoms with Crippen LogP contribution in [0.5, 0.6) is 0 Å². The van der Waals surface area contributed by atoms with E-state index in [0.717, 1.165) is 11.8 Å². The fourth-order valence-corrected chi connectivity index (χ4v) is 2.40. The van der Waals surface area contributed by atoms with Crippen molar-refractivity contribution in [3.05, 3.63) is 0 Å². The minimum Gasteiger partial charge on any atom is -0.376 e. The Morgan fingerprint density at radius 3 is 2.08 bits per heavy atom. The predicted octanol–water partition coefficient (Wildman–Crippen LogP) is 3.24. The van der Waals surface area contributed by atoms with Crippen molar-refractivity contribution >= 4 is 0 Å². The maximum absolute atomic E-state index is 5.70. The summed E-state index contributed by atoms with van der Waals surface area (Å²) in [7, 11) is 0. The van der Waals surface area contributed by atoms with E-state index in [2.05, 4.69) is 27.7 Å². The summed E-state index contributed by atoms with van der Waals surface area (Å²) in [5.74, 6) is 1.75. The van der Waals surface area contributed by atoms with E-state index in [-0.39, 0.29) is 0 Å². The number of hydrogen-bond acceptors (Lipinski definition) is 1. The van der Waals surface area contributed by atoms with Gasteiger partial charge in [-0.05, 0) is 44.9 Å². The maximum atomic E-state index is 5.70. The van der Waals surface area contributed by atoms with Crippen molar-refractivity contribution in [3.8, 4) is 0 Å². The number of hydrogen-bond donors (Lipinski definition) is 0. The lowest BCUT2D eigenvalue weighted by molar-refractivity contribution is -0.0552. The van der Waals surface area contributed by atoms with Crippen molar-refractivity contribution in [3.63, 3.8) is 0 Å². The summed E-state index contributed by atoms with van der Waals surface area (Å²) in [5.41, 5.74) is 0. The second kappa shape index (κ2) is 4.27. The average molecular weight is 170 g/mol. The summed E-state index contributed by atoms with van der Waals surface area (Å²) in [5, 5.41) is 0. The highest BCUT2D eigenvalue weighted by molar-refractivity contribution is 4.74. The Hall–Kier alpha value is -0.0400. The first-order chi connectivity index (χ1) is 5.58. The van der Waals surface area contributed by atoms with Crippen LogP contribution in [0.2, 0.25) is 0 Å². The van der Waals surface area contributed by atoms with E-state index in [1.165, 1.54) is 19.3 Å². The summed E-state index contributed by atoms with van der Waals surface area (Å²) in [6, 6.07) is 0. The fraction of sp³-hybridized carbons (Fsp3) is 1.00. The van der Waals surface area contributed by atoms with Crippen molar-refractivity contribution < 1.29 is 4.74 Å². The molecule has 0 aliphatic carbocycles. The Kier molecular flexibility index (Phi) is 3.57. The quantitative estimate of drug-likeness (QED) is 0.618. The largest absolute Gasteiger partial charge is 0.376 e. The van der Waals surface area contributed by atoms with E-state index >= 15 is 0 Å². The van der Waals surface area contributed by atoms with Gasteiger partial charge in [0.2, 0.25) is 0 Å². The molecule has 2 atom stereocenters. The molecule has 0 N–H and O–H groups in total. The minimum absolute atomic E-state index is 0.484. The first-order valence-electron chi connectivity index (χ1n) is 5.23. The van der Waals surface area contributed by atoms with Crippen LogP contribution in [0.15, 0.2) is 0 Å².